The van der Waals surface area contributed by atoms with Gasteiger partial charge in [-0.1, -0.05) is 24.3 Å². The molecule has 0 aliphatic carbocycles. The van der Waals surface area contributed by atoms with Gasteiger partial charge in [0.05, 0.1) is 7.11 Å². The minimum atomic E-state index is -0.233. The Balaban J connectivity index is 1.84. The highest BCUT2D eigenvalue weighted by Crippen LogP contribution is 2.12. The largest absolute Gasteiger partial charge is 0.497 e. The molecule has 2 aromatic rings. The standard InChI is InChI=1S/C17H19FN2OS/c1-20(12-14-5-9-16(21-2)10-6-14)17(22)19-11-13-3-7-15(18)8-4-13/h3-10H,11-12H2,1-2H3,(H,19,22). The van der Waals surface area contributed by atoms with E-state index in [0.29, 0.717) is 18.2 Å². The maximum atomic E-state index is 12.8. The summed E-state index contributed by atoms with van der Waals surface area (Å²) in [6.07, 6.45) is 0. The van der Waals surface area contributed by atoms with Crippen molar-refractivity contribution in [3.8, 4) is 5.75 Å². The van der Waals surface area contributed by atoms with E-state index in [9.17, 15) is 4.39 Å². The van der Waals surface area contributed by atoms with Crippen molar-refractivity contribution in [2.75, 3.05) is 14.2 Å². The summed E-state index contributed by atoms with van der Waals surface area (Å²) in [6.45, 7) is 1.28. The number of methoxy groups -OCH3 is 1. The normalized spacial score (nSPS) is 10.1. The van der Waals surface area contributed by atoms with Crippen molar-refractivity contribution in [3.05, 3.63) is 65.5 Å². The van der Waals surface area contributed by atoms with Gasteiger partial charge < -0.3 is 15.0 Å². The molecular formula is C17H19FN2OS. The second kappa shape index (κ2) is 7.75. The Hall–Kier alpha value is -2.14. The molecule has 0 bridgehead atoms. The lowest BCUT2D eigenvalue weighted by atomic mass is 10.2. The number of thiocarbonyl (C=S) groups is 1. The highest BCUT2D eigenvalue weighted by Gasteiger charge is 2.05. The molecule has 0 radical (unpaired) electrons. The zero-order valence-corrected chi connectivity index (χ0v) is 13.5. The minimum absolute atomic E-state index is 0.233. The molecule has 0 fully saturated rings. The molecule has 0 aliphatic heterocycles. The predicted octanol–water partition coefficient (Wildman–Crippen LogP) is 3.34. The molecule has 116 valence electrons. The molecule has 0 unspecified atom stereocenters. The van der Waals surface area contributed by atoms with E-state index >= 15 is 0 Å². The molecule has 0 heterocycles. The SMILES string of the molecule is COc1ccc(CN(C)C(=S)NCc2ccc(F)cc2)cc1. The van der Waals surface area contributed by atoms with Crippen LogP contribution in [0.15, 0.2) is 48.5 Å². The topological polar surface area (TPSA) is 24.5 Å². The van der Waals surface area contributed by atoms with Gasteiger partial charge in [-0.05, 0) is 47.6 Å². The van der Waals surface area contributed by atoms with Crippen molar-refractivity contribution in [2.24, 2.45) is 0 Å². The monoisotopic (exact) mass is 318 g/mol. The summed E-state index contributed by atoms with van der Waals surface area (Å²) < 4.78 is 18.0. The molecule has 2 rings (SSSR count). The number of hydrogen-bond acceptors (Lipinski definition) is 2. The van der Waals surface area contributed by atoms with Crippen LogP contribution in [-0.2, 0) is 13.1 Å². The van der Waals surface area contributed by atoms with Crippen LogP contribution in [0.1, 0.15) is 11.1 Å². The Labute approximate surface area is 135 Å². The third kappa shape index (κ3) is 4.70. The van der Waals surface area contributed by atoms with Crippen LogP contribution < -0.4 is 10.1 Å². The fraction of sp³-hybridized carbons (Fsp3) is 0.235. The molecule has 2 aromatic carbocycles. The van der Waals surface area contributed by atoms with Crippen LogP contribution >= 0.6 is 12.2 Å². The highest BCUT2D eigenvalue weighted by molar-refractivity contribution is 7.80. The van der Waals surface area contributed by atoms with Gasteiger partial charge in [-0.15, -0.1) is 0 Å². The van der Waals surface area contributed by atoms with Crippen LogP contribution in [0.3, 0.4) is 0 Å². The van der Waals surface area contributed by atoms with Crippen molar-refractivity contribution in [1.82, 2.24) is 10.2 Å². The lowest BCUT2D eigenvalue weighted by molar-refractivity contribution is 0.414. The van der Waals surface area contributed by atoms with E-state index in [1.807, 2.05) is 36.2 Å². The van der Waals surface area contributed by atoms with E-state index in [-0.39, 0.29) is 5.82 Å². The van der Waals surface area contributed by atoms with E-state index in [1.165, 1.54) is 12.1 Å². The number of nitrogens with one attached hydrogen (secondary N) is 1. The van der Waals surface area contributed by atoms with Crippen LogP contribution in [0.5, 0.6) is 5.75 Å². The third-order valence-electron chi connectivity index (χ3n) is 3.28. The van der Waals surface area contributed by atoms with E-state index < -0.39 is 0 Å². The van der Waals surface area contributed by atoms with Crippen molar-refractivity contribution >= 4 is 17.3 Å². The van der Waals surface area contributed by atoms with Gasteiger partial charge in [-0.2, -0.15) is 0 Å². The smallest absolute Gasteiger partial charge is 0.169 e. The van der Waals surface area contributed by atoms with Gasteiger partial charge in [0.1, 0.15) is 11.6 Å². The number of ether oxygens (including phenoxy) is 1. The molecule has 0 aliphatic rings. The van der Waals surface area contributed by atoms with Gasteiger partial charge in [0.15, 0.2) is 5.11 Å². The fourth-order valence-corrected chi connectivity index (χ4v) is 2.13. The second-order valence-corrected chi connectivity index (χ2v) is 5.38. The molecule has 0 saturated carbocycles. The number of nitrogens with zero attached hydrogens (tertiary/aromatic N) is 1. The van der Waals surface area contributed by atoms with Gasteiger partial charge in [0.25, 0.3) is 0 Å². The molecule has 1 N–H and O–H groups in total. The highest BCUT2D eigenvalue weighted by atomic mass is 32.1. The van der Waals surface area contributed by atoms with E-state index in [4.69, 9.17) is 17.0 Å². The molecule has 0 spiro atoms. The Kier molecular flexibility index (Phi) is 5.72. The Bertz CT molecular complexity index is 614. The summed E-state index contributed by atoms with van der Waals surface area (Å²) in [4.78, 5) is 1.96. The third-order valence-corrected chi connectivity index (χ3v) is 3.74. The summed E-state index contributed by atoms with van der Waals surface area (Å²) >= 11 is 5.37. The predicted molar refractivity (Wildman–Crippen MR) is 90.3 cm³/mol. The van der Waals surface area contributed by atoms with Gasteiger partial charge >= 0.3 is 0 Å². The summed E-state index contributed by atoms with van der Waals surface area (Å²) in [6, 6.07) is 14.3. The zero-order chi connectivity index (χ0) is 15.9. The maximum Gasteiger partial charge on any atom is 0.169 e. The Morgan fingerprint density at radius 2 is 1.68 bits per heavy atom. The molecule has 0 saturated heterocycles. The van der Waals surface area contributed by atoms with Gasteiger partial charge in [0, 0.05) is 20.1 Å². The lowest BCUT2D eigenvalue weighted by Crippen LogP contribution is -2.36. The van der Waals surface area contributed by atoms with Crippen molar-refractivity contribution in [1.29, 1.82) is 0 Å². The first-order chi connectivity index (χ1) is 10.6. The first kappa shape index (κ1) is 16.2. The number of rotatable bonds is 5. The first-order valence-corrected chi connectivity index (χ1v) is 7.35. The summed E-state index contributed by atoms with van der Waals surface area (Å²) in [7, 11) is 3.58. The van der Waals surface area contributed by atoms with E-state index in [2.05, 4.69) is 5.32 Å². The lowest BCUT2D eigenvalue weighted by Gasteiger charge is -2.21. The van der Waals surface area contributed by atoms with Gasteiger partial charge in [-0.25, -0.2) is 4.39 Å². The average molecular weight is 318 g/mol. The zero-order valence-electron chi connectivity index (χ0n) is 12.7. The van der Waals surface area contributed by atoms with E-state index in [0.717, 1.165) is 16.9 Å². The van der Waals surface area contributed by atoms with Crippen molar-refractivity contribution in [2.45, 2.75) is 13.1 Å². The number of benzene rings is 2. The Morgan fingerprint density at radius 1 is 1.09 bits per heavy atom. The maximum absolute atomic E-state index is 12.8. The summed E-state index contributed by atoms with van der Waals surface area (Å²) in [5.41, 5.74) is 2.14. The van der Waals surface area contributed by atoms with Crippen molar-refractivity contribution < 1.29 is 9.13 Å². The molecule has 22 heavy (non-hydrogen) atoms. The van der Waals surface area contributed by atoms with Crippen LogP contribution in [0, 0.1) is 5.82 Å². The first-order valence-electron chi connectivity index (χ1n) is 6.95. The molecule has 0 aromatic heterocycles. The molecule has 5 heteroatoms. The van der Waals surface area contributed by atoms with Crippen LogP contribution in [0.4, 0.5) is 4.39 Å². The molecule has 0 amide bonds. The van der Waals surface area contributed by atoms with Gasteiger partial charge in [-0.3, -0.25) is 0 Å². The Morgan fingerprint density at radius 3 is 2.27 bits per heavy atom. The minimum Gasteiger partial charge on any atom is -0.497 e. The van der Waals surface area contributed by atoms with Crippen LogP contribution in [0.25, 0.3) is 0 Å². The quantitative estimate of drug-likeness (QED) is 0.855. The van der Waals surface area contributed by atoms with E-state index in [1.54, 1.807) is 19.2 Å². The number of halogens is 1. The summed E-state index contributed by atoms with van der Waals surface area (Å²) in [5, 5.41) is 3.82. The van der Waals surface area contributed by atoms with Crippen molar-refractivity contribution in [3.63, 3.8) is 0 Å². The van der Waals surface area contributed by atoms with Crippen LogP contribution in [-0.4, -0.2) is 24.2 Å². The second-order valence-electron chi connectivity index (χ2n) is 4.99. The molecule has 0 atom stereocenters. The average Bonchev–Trinajstić information content (AvgIpc) is 2.54. The van der Waals surface area contributed by atoms with Gasteiger partial charge in [0.2, 0.25) is 0 Å². The molecule has 3 nitrogen and oxygen atoms in total. The summed E-state index contributed by atoms with van der Waals surface area (Å²) in [5.74, 6) is 0.603. The van der Waals surface area contributed by atoms with Crippen LogP contribution in [0.2, 0.25) is 0 Å². The fourth-order valence-electron chi connectivity index (χ4n) is 1.99. The number of hydrogen-bond donors (Lipinski definition) is 1. The molecular weight excluding hydrogens is 299 g/mol.